The molecule has 0 bridgehead atoms. The van der Waals surface area contributed by atoms with E-state index in [0.29, 0.717) is 0 Å². The number of hydrogen-bond acceptors (Lipinski definition) is 1. The second-order valence-electron chi connectivity index (χ2n) is 0.136. The molecule has 0 atom stereocenters. The molecule has 24 valence electrons. The van der Waals surface area contributed by atoms with Crippen molar-refractivity contribution in [1.82, 2.24) is 0 Å². The molecule has 0 rings (SSSR count). The van der Waals surface area contributed by atoms with Gasteiger partial charge in [0.1, 0.15) is 0 Å². The van der Waals surface area contributed by atoms with Crippen LogP contribution < -0.4 is 5.73 Å². The maximum atomic E-state index is 8.58. The second kappa shape index (κ2) is 10.0. The Morgan fingerprint density at radius 2 is 1.75 bits per heavy atom. The molecular weight excluding hydrogens is 249 g/mol. The average Bonchev–Trinajstić information content (AvgIpc) is 0.918. The number of carbonyl (C=O) groups excluding carboxylic acids is 1. The van der Waals surface area contributed by atoms with Crippen LogP contribution in [0, 0.1) is 0 Å². The van der Waals surface area contributed by atoms with Gasteiger partial charge in [-0.05, 0) is 0 Å². The van der Waals surface area contributed by atoms with Crippen molar-refractivity contribution >= 4 is 33.7 Å². The van der Waals surface area contributed by atoms with E-state index in [1.165, 1.54) is 0 Å². The van der Waals surface area contributed by atoms with Crippen LogP contribution >= 0.6 is 0 Å². The third-order valence-corrected chi connectivity index (χ3v) is 0. The molecule has 0 saturated carbocycles. The van der Waals surface area contributed by atoms with E-state index < -0.39 is 0 Å². The Morgan fingerprint density at radius 1 is 1.75 bits per heavy atom. The zero-order chi connectivity index (χ0) is 2.71. The molecule has 1 amide bonds. The molecule has 0 aliphatic heterocycles. The Morgan fingerprint density at radius 3 is 1.75 bits per heavy atom. The van der Waals surface area contributed by atoms with Crippen molar-refractivity contribution in [1.29, 1.82) is 0 Å². The maximum absolute atomic E-state index is 8.58. The van der Waals surface area contributed by atoms with Crippen LogP contribution in [0.25, 0.3) is 0 Å². The molecule has 0 aromatic carbocycles. The van der Waals surface area contributed by atoms with E-state index in [-0.39, 0.29) is 33.7 Å². The van der Waals surface area contributed by atoms with E-state index in [1.54, 1.807) is 0 Å². The van der Waals surface area contributed by atoms with Gasteiger partial charge in [-0.25, -0.2) is 0 Å². The van der Waals surface area contributed by atoms with Crippen LogP contribution in [-0.4, -0.2) is 33.7 Å². The van der Waals surface area contributed by atoms with E-state index in [0.717, 1.165) is 0 Å². The summed E-state index contributed by atoms with van der Waals surface area (Å²) in [5.74, 6) is 0. The minimum absolute atomic E-state index is 0. The van der Waals surface area contributed by atoms with Crippen molar-refractivity contribution in [3.63, 3.8) is 0 Å². The fourth-order valence-corrected chi connectivity index (χ4v) is 0. The predicted octanol–water partition coefficient (Wildman–Crippen LogP) is -1.81. The van der Waals surface area contributed by atoms with E-state index in [1.807, 2.05) is 0 Å². The SMILES string of the molecule is NC=O.[PbH2]. The van der Waals surface area contributed by atoms with Crippen LogP contribution in [0.4, 0.5) is 0 Å². The van der Waals surface area contributed by atoms with Gasteiger partial charge in [0.05, 0.1) is 0 Å². The predicted molar refractivity (Wildman–Crippen MR) is 18.8 cm³/mol. The molecule has 2 N–H and O–H groups in total. The van der Waals surface area contributed by atoms with Crippen molar-refractivity contribution in [3.05, 3.63) is 0 Å². The molecule has 0 unspecified atom stereocenters. The summed E-state index contributed by atoms with van der Waals surface area (Å²) in [7, 11) is 0. The van der Waals surface area contributed by atoms with Gasteiger partial charge in [-0.3, -0.25) is 4.79 Å². The first-order chi connectivity index (χ1) is 1.41. The Kier molecular flexibility index (Phi) is 22.1. The molecule has 0 spiro atoms. The van der Waals surface area contributed by atoms with Crippen LogP contribution in [0.1, 0.15) is 0 Å². The summed E-state index contributed by atoms with van der Waals surface area (Å²) >= 11 is 0. The molecule has 4 heavy (non-hydrogen) atoms. The van der Waals surface area contributed by atoms with Gasteiger partial charge in [0, 0.05) is 0 Å². The second-order valence-corrected chi connectivity index (χ2v) is 0.136. The van der Waals surface area contributed by atoms with Gasteiger partial charge in [-0.1, -0.05) is 0 Å². The Hall–Kier alpha value is 0.392. The molecule has 0 aliphatic rings. The standard InChI is InChI=1S/CH3NO.Pb.2H/c2-1-3;;;/h1H,(H2,2,3);;;. The first kappa shape index (κ1) is 8.83. The van der Waals surface area contributed by atoms with Crippen LogP contribution in [-0.2, 0) is 4.79 Å². The van der Waals surface area contributed by atoms with Crippen LogP contribution in [0.5, 0.6) is 0 Å². The van der Waals surface area contributed by atoms with Gasteiger partial charge in [-0.15, -0.1) is 0 Å². The first-order valence-electron chi connectivity index (χ1n) is 0.569. The van der Waals surface area contributed by atoms with Gasteiger partial charge in [0.25, 0.3) is 0 Å². The van der Waals surface area contributed by atoms with Gasteiger partial charge in [0.2, 0.25) is 6.41 Å². The van der Waals surface area contributed by atoms with E-state index >= 15 is 0 Å². The molecule has 0 saturated heterocycles. The first-order valence-corrected chi connectivity index (χ1v) is 0.569. The van der Waals surface area contributed by atoms with Gasteiger partial charge >= 0.3 is 27.3 Å². The van der Waals surface area contributed by atoms with Crippen LogP contribution in [0.3, 0.4) is 0 Å². The van der Waals surface area contributed by atoms with Crippen molar-refractivity contribution in [2.75, 3.05) is 0 Å². The van der Waals surface area contributed by atoms with Crippen molar-refractivity contribution in [2.45, 2.75) is 0 Å². The van der Waals surface area contributed by atoms with E-state index in [4.69, 9.17) is 4.79 Å². The molecule has 2 nitrogen and oxygen atoms in total. The summed E-state index contributed by atoms with van der Waals surface area (Å²) in [4.78, 5) is 8.58. The summed E-state index contributed by atoms with van der Waals surface area (Å²) in [5, 5.41) is 0. The number of nitrogens with two attached hydrogens (primary N) is 1. The molecule has 0 aromatic heterocycles. The Bertz CT molecular complexity index is 15.5. The molecular formula is CH5NOPb. The fourth-order valence-electron chi connectivity index (χ4n) is 0. The zero-order valence-corrected chi connectivity index (χ0v) is 7.77. The van der Waals surface area contributed by atoms with Crippen LogP contribution in [0.2, 0.25) is 0 Å². The number of hydrogen-bond donors (Lipinski definition) is 1. The van der Waals surface area contributed by atoms with E-state index in [2.05, 4.69) is 5.73 Å². The molecule has 0 aliphatic carbocycles. The summed E-state index contributed by atoms with van der Waals surface area (Å²) < 4.78 is 0. The number of carbonyl (C=O) groups is 1. The minimum atomic E-state index is 0. The summed E-state index contributed by atoms with van der Waals surface area (Å²) in [6.07, 6.45) is 0.250. The third kappa shape index (κ3) is 30.2. The summed E-state index contributed by atoms with van der Waals surface area (Å²) in [6, 6.07) is 0. The summed E-state index contributed by atoms with van der Waals surface area (Å²) in [6.45, 7) is 0. The molecule has 3 heteroatoms. The van der Waals surface area contributed by atoms with Gasteiger partial charge in [0.15, 0.2) is 0 Å². The van der Waals surface area contributed by atoms with Crippen molar-refractivity contribution < 1.29 is 4.79 Å². The molecule has 0 heterocycles. The normalized spacial score (nSPS) is 3.00. The molecule has 0 aromatic rings. The zero-order valence-electron chi connectivity index (χ0n) is 2.27. The number of primary amides is 1. The quantitative estimate of drug-likeness (QED) is 0.402. The topological polar surface area (TPSA) is 43.1 Å². The monoisotopic (exact) mass is 255 g/mol. The Balaban J connectivity index is 0. The van der Waals surface area contributed by atoms with Crippen LogP contribution in [0.15, 0.2) is 0 Å². The third-order valence-electron chi connectivity index (χ3n) is 0. The summed E-state index contributed by atoms with van der Waals surface area (Å²) in [5.41, 5.74) is 4.17. The van der Waals surface area contributed by atoms with E-state index in [9.17, 15) is 0 Å². The van der Waals surface area contributed by atoms with Crippen molar-refractivity contribution in [2.24, 2.45) is 5.73 Å². The molecule has 0 fully saturated rings. The fraction of sp³-hybridized carbons (Fsp3) is 0. The van der Waals surface area contributed by atoms with Crippen molar-refractivity contribution in [3.8, 4) is 0 Å². The Labute approximate surface area is 44.5 Å². The number of rotatable bonds is 0. The van der Waals surface area contributed by atoms with Gasteiger partial charge in [-0.2, -0.15) is 0 Å². The number of amides is 1. The molecule has 2 radical (unpaired) electrons. The van der Waals surface area contributed by atoms with Gasteiger partial charge < -0.3 is 5.73 Å². The average molecular weight is 254 g/mol.